The Morgan fingerprint density at radius 3 is 2.56 bits per heavy atom. The van der Waals surface area contributed by atoms with Gasteiger partial charge >= 0.3 is 6.03 Å². The molecule has 2 aliphatic heterocycles. The number of anilines is 4. The molecule has 2 fully saturated rings. The maximum Gasteiger partial charge on any atom is 0.331 e. The maximum absolute atomic E-state index is 14.1. The van der Waals surface area contributed by atoms with E-state index >= 15 is 0 Å². The van der Waals surface area contributed by atoms with Crippen LogP contribution in [0.25, 0.3) is 10.2 Å². The fourth-order valence-corrected chi connectivity index (χ4v) is 6.98. The highest BCUT2D eigenvalue weighted by Crippen LogP contribution is 2.51. The van der Waals surface area contributed by atoms with Crippen molar-refractivity contribution in [3.8, 4) is 17.6 Å². The van der Waals surface area contributed by atoms with E-state index in [1.807, 2.05) is 61.5 Å². The van der Waals surface area contributed by atoms with E-state index in [4.69, 9.17) is 4.74 Å². The average molecular weight is 619 g/mol. The van der Waals surface area contributed by atoms with Gasteiger partial charge in [0, 0.05) is 12.1 Å². The number of imide groups is 1. The molecule has 0 radical (unpaired) electrons. The molecule has 11 heteroatoms. The zero-order chi connectivity index (χ0) is 31.1. The number of nitriles is 1. The van der Waals surface area contributed by atoms with Crippen LogP contribution in [-0.4, -0.2) is 35.9 Å². The van der Waals surface area contributed by atoms with Gasteiger partial charge in [0.15, 0.2) is 0 Å². The molecule has 2 aromatic carbocycles. The number of urea groups is 1. The number of hydrogen-bond acceptors (Lipinski definition) is 8. The molecule has 1 saturated carbocycles. The lowest BCUT2D eigenvalue weighted by Crippen LogP contribution is -2.45. The van der Waals surface area contributed by atoms with Crippen molar-refractivity contribution in [3.63, 3.8) is 0 Å². The predicted molar refractivity (Wildman–Crippen MR) is 173 cm³/mol. The Bertz CT molecular complexity index is 1900. The monoisotopic (exact) mass is 618 g/mol. The minimum atomic E-state index is -0.668. The number of thiophene rings is 1. The summed E-state index contributed by atoms with van der Waals surface area (Å²) in [6.45, 7) is 3.22. The van der Waals surface area contributed by atoms with E-state index < -0.39 is 17.9 Å². The number of carbonyl (C=O) groups is 3. The molecule has 10 nitrogen and oxygen atoms in total. The molecule has 1 saturated heterocycles. The van der Waals surface area contributed by atoms with E-state index in [9.17, 15) is 19.6 Å². The number of para-hydroxylation sites is 1. The van der Waals surface area contributed by atoms with Crippen molar-refractivity contribution in [2.75, 3.05) is 28.2 Å². The number of pyridine rings is 1. The van der Waals surface area contributed by atoms with Crippen molar-refractivity contribution in [1.29, 1.82) is 5.26 Å². The number of aromatic nitrogens is 1. The molecule has 2 aromatic heterocycles. The fraction of sp³-hybridized carbons (Fsp3) is 0.265. The number of nitrogens with one attached hydrogen (secondary N) is 2. The van der Waals surface area contributed by atoms with Gasteiger partial charge in [0.25, 0.3) is 5.91 Å². The van der Waals surface area contributed by atoms with Gasteiger partial charge in [-0.1, -0.05) is 35.6 Å². The van der Waals surface area contributed by atoms with Crippen LogP contribution >= 0.6 is 11.3 Å². The molecular weight excluding hydrogens is 588 g/mol. The summed E-state index contributed by atoms with van der Waals surface area (Å²) in [4.78, 5) is 49.8. The molecule has 0 unspecified atom stereocenters. The summed E-state index contributed by atoms with van der Waals surface area (Å²) < 4.78 is 5.99. The van der Waals surface area contributed by atoms with E-state index in [1.165, 1.54) is 0 Å². The van der Waals surface area contributed by atoms with Crippen LogP contribution < -0.4 is 25.2 Å². The van der Waals surface area contributed by atoms with E-state index in [0.717, 1.165) is 34.6 Å². The third kappa shape index (κ3) is 5.43. The summed E-state index contributed by atoms with van der Waals surface area (Å²) in [5.74, 6) is 0.0706. The normalized spacial score (nSPS) is 16.7. The lowest BCUT2D eigenvalue weighted by Gasteiger charge is -2.31. The molecule has 4 amide bonds. The van der Waals surface area contributed by atoms with Crippen LogP contribution in [0.1, 0.15) is 31.2 Å². The van der Waals surface area contributed by atoms with Crippen LogP contribution in [0.15, 0.2) is 72.4 Å². The quantitative estimate of drug-likeness (QED) is 0.172. The molecule has 3 aliphatic rings. The van der Waals surface area contributed by atoms with Gasteiger partial charge in [-0.3, -0.25) is 14.5 Å². The maximum atomic E-state index is 14.1. The summed E-state index contributed by atoms with van der Waals surface area (Å²) in [6, 6.07) is 18.3. The summed E-state index contributed by atoms with van der Waals surface area (Å²) in [7, 11) is 0. The highest BCUT2D eigenvalue weighted by atomic mass is 32.1. The van der Waals surface area contributed by atoms with Crippen molar-refractivity contribution >= 4 is 61.5 Å². The first-order valence-electron chi connectivity index (χ1n) is 15.0. The zero-order valence-corrected chi connectivity index (χ0v) is 25.4. The van der Waals surface area contributed by atoms with Crippen molar-refractivity contribution in [2.45, 2.75) is 32.6 Å². The first kappa shape index (κ1) is 28.7. The number of nitrogens with zero attached hydrogens (tertiary/aromatic N) is 4. The Balaban J connectivity index is 1.30. The predicted octanol–water partition coefficient (Wildman–Crippen LogP) is 6.80. The molecule has 4 aromatic rings. The minimum Gasteiger partial charge on any atom is -0.457 e. The molecule has 0 spiro atoms. The number of piperidine rings is 1. The topological polar surface area (TPSA) is 128 Å². The van der Waals surface area contributed by atoms with Crippen LogP contribution in [0.5, 0.6) is 11.5 Å². The number of ether oxygens (including phenoxy) is 1. The Labute approximate surface area is 263 Å². The molecule has 2 N–H and O–H groups in total. The first-order valence-corrected chi connectivity index (χ1v) is 15.8. The lowest BCUT2D eigenvalue weighted by molar-refractivity contribution is -0.127. The number of hydrogen-bond donors (Lipinski definition) is 2. The van der Waals surface area contributed by atoms with Gasteiger partial charge in [-0.2, -0.15) is 5.26 Å². The highest BCUT2D eigenvalue weighted by molar-refractivity contribution is 7.24. The second-order valence-electron chi connectivity index (χ2n) is 11.5. The Hall–Kier alpha value is -5.05. The largest absolute Gasteiger partial charge is 0.457 e. The zero-order valence-electron chi connectivity index (χ0n) is 24.6. The van der Waals surface area contributed by atoms with Crippen molar-refractivity contribution < 1.29 is 19.1 Å². The Kier molecular flexibility index (Phi) is 7.53. The third-order valence-corrected chi connectivity index (χ3v) is 9.39. The Morgan fingerprint density at radius 2 is 1.84 bits per heavy atom. The number of benzene rings is 2. The highest BCUT2D eigenvalue weighted by Gasteiger charge is 2.40. The molecule has 0 atom stereocenters. The number of rotatable bonds is 7. The SMILES string of the molecule is Cc1cc(Oc2ccccc2)ccc1N1C(=O)Nc2c(N(C(=O)/C(C#N)=C/C3CC3)C(=O)C3CCNCC3)sc3nccc1c23. The van der Waals surface area contributed by atoms with Crippen molar-refractivity contribution in [1.82, 2.24) is 10.3 Å². The molecule has 4 heterocycles. The molecule has 0 bridgehead atoms. The number of carbonyl (C=O) groups excluding carboxylic acids is 3. The van der Waals surface area contributed by atoms with Gasteiger partial charge in [-0.15, -0.1) is 0 Å². The number of aryl methyl sites for hydroxylation is 1. The van der Waals surface area contributed by atoms with Gasteiger partial charge in [0.1, 0.15) is 33.0 Å². The summed E-state index contributed by atoms with van der Waals surface area (Å²) in [6.07, 6.45) is 6.25. The first-order chi connectivity index (χ1) is 21.9. The molecule has 226 valence electrons. The van der Waals surface area contributed by atoms with Crippen LogP contribution in [0.2, 0.25) is 0 Å². The van der Waals surface area contributed by atoms with Crippen LogP contribution in [0.3, 0.4) is 0 Å². The summed E-state index contributed by atoms with van der Waals surface area (Å²) in [5.41, 5.74) is 2.33. The van der Waals surface area contributed by atoms with Crippen LogP contribution in [0, 0.1) is 30.1 Å². The van der Waals surface area contributed by atoms with Gasteiger partial charge in [-0.25, -0.2) is 14.7 Å². The average Bonchev–Trinajstić information content (AvgIpc) is 3.82. The standard InChI is InChI=1S/C34H30N6O4S/c1-20-17-25(44-24-5-3-2-4-6-24)9-10-26(20)39-27-13-16-37-30-28(27)29(38-34(39)43)33(45-30)40(31(41)22-11-14-36-15-12-22)32(42)23(19-35)18-21-7-8-21/h2-6,9-10,13,16-18,21-22,36H,7-8,11-12,14-15H2,1H3,(H,38,43)/b23-18+. The van der Waals surface area contributed by atoms with E-state index in [0.29, 0.717) is 64.7 Å². The number of allylic oxidation sites excluding steroid dienone is 1. The van der Waals surface area contributed by atoms with Gasteiger partial charge in [0.05, 0.1) is 22.4 Å². The van der Waals surface area contributed by atoms with Gasteiger partial charge in [0.2, 0.25) is 5.91 Å². The second kappa shape index (κ2) is 11.8. The van der Waals surface area contributed by atoms with Crippen LogP contribution in [-0.2, 0) is 9.59 Å². The van der Waals surface area contributed by atoms with Crippen molar-refractivity contribution in [3.05, 3.63) is 78.0 Å². The molecule has 45 heavy (non-hydrogen) atoms. The third-order valence-electron chi connectivity index (χ3n) is 8.31. The van der Waals surface area contributed by atoms with Crippen LogP contribution in [0.4, 0.5) is 26.9 Å². The second-order valence-corrected chi connectivity index (χ2v) is 12.4. The van der Waals surface area contributed by atoms with Gasteiger partial charge in [-0.05, 0) is 93.6 Å². The van der Waals surface area contributed by atoms with E-state index in [-0.39, 0.29) is 22.4 Å². The number of amides is 4. The summed E-state index contributed by atoms with van der Waals surface area (Å²) in [5, 5.41) is 17.1. The lowest BCUT2D eigenvalue weighted by atomic mass is 9.96. The fourth-order valence-electron chi connectivity index (χ4n) is 5.85. The van der Waals surface area contributed by atoms with E-state index in [1.54, 1.807) is 23.2 Å². The summed E-state index contributed by atoms with van der Waals surface area (Å²) >= 11 is 1.16. The van der Waals surface area contributed by atoms with Crippen molar-refractivity contribution in [2.24, 2.45) is 11.8 Å². The molecular formula is C34H30N6O4S. The van der Waals surface area contributed by atoms with E-state index in [2.05, 4.69) is 15.6 Å². The minimum absolute atomic E-state index is 0.0604. The Morgan fingerprint density at radius 1 is 1.07 bits per heavy atom. The molecule has 1 aliphatic carbocycles. The van der Waals surface area contributed by atoms with Gasteiger partial charge < -0.3 is 15.4 Å². The molecule has 7 rings (SSSR count). The smallest absolute Gasteiger partial charge is 0.331 e.